The van der Waals surface area contributed by atoms with Crippen LogP contribution in [0.5, 0.6) is 11.5 Å². The lowest BCUT2D eigenvalue weighted by Gasteiger charge is -2.26. The lowest BCUT2D eigenvalue weighted by atomic mass is 10.0. The van der Waals surface area contributed by atoms with Gasteiger partial charge < -0.3 is 19.5 Å². The molecule has 0 spiro atoms. The van der Waals surface area contributed by atoms with Gasteiger partial charge in [0.05, 0.1) is 30.7 Å². The monoisotopic (exact) mass is 657 g/mol. The van der Waals surface area contributed by atoms with E-state index in [0.29, 0.717) is 6.42 Å². The highest BCUT2D eigenvalue weighted by Crippen LogP contribution is 2.37. The third-order valence-corrected chi connectivity index (χ3v) is 8.69. The summed E-state index contributed by atoms with van der Waals surface area (Å²) >= 11 is 0. The van der Waals surface area contributed by atoms with Crippen molar-refractivity contribution in [2.75, 3.05) is 18.1 Å². The molecule has 0 amide bonds. The van der Waals surface area contributed by atoms with Crippen molar-refractivity contribution in [1.82, 2.24) is 9.97 Å². The summed E-state index contributed by atoms with van der Waals surface area (Å²) in [5.41, 5.74) is 7.67. The Labute approximate surface area is 292 Å². The average Bonchev–Trinajstić information content (AvgIpc) is 3.13. The number of aliphatic hydroxyl groups is 1. The maximum Gasteiger partial charge on any atom is 0.119 e. The molecule has 1 unspecified atom stereocenters. The second-order valence-corrected chi connectivity index (χ2v) is 12.7. The van der Waals surface area contributed by atoms with E-state index in [-0.39, 0.29) is 0 Å². The number of ether oxygens (including phenoxy) is 2. The van der Waals surface area contributed by atoms with E-state index in [4.69, 9.17) is 9.47 Å². The third-order valence-electron chi connectivity index (χ3n) is 8.69. The van der Waals surface area contributed by atoms with Crippen molar-refractivity contribution < 1.29 is 14.6 Å². The van der Waals surface area contributed by atoms with Crippen LogP contribution in [0.25, 0.3) is 11.4 Å². The molecule has 6 nitrogen and oxygen atoms in total. The van der Waals surface area contributed by atoms with Gasteiger partial charge in [-0.25, -0.2) is 0 Å². The molecule has 2 heterocycles. The van der Waals surface area contributed by atoms with Crippen LogP contribution >= 0.6 is 0 Å². The molecule has 5 rings (SSSR count). The first kappa shape index (κ1) is 35.6. The van der Waals surface area contributed by atoms with Crippen LogP contribution < -0.4 is 14.4 Å². The van der Waals surface area contributed by atoms with E-state index in [9.17, 15) is 5.11 Å². The number of aromatic nitrogens is 2. The lowest BCUT2D eigenvalue weighted by Crippen LogP contribution is -2.10. The number of nitrogens with zero attached hydrogens (tertiary/aromatic N) is 3. The molecule has 0 saturated heterocycles. The Balaban J connectivity index is 1.32. The van der Waals surface area contributed by atoms with Crippen LogP contribution in [0.1, 0.15) is 88.0 Å². The third kappa shape index (κ3) is 10.7. The van der Waals surface area contributed by atoms with Crippen molar-refractivity contribution in [3.05, 3.63) is 126 Å². The molecule has 2 aromatic heterocycles. The van der Waals surface area contributed by atoms with Crippen molar-refractivity contribution in [1.29, 1.82) is 0 Å². The SMILES string of the molecule is CCCCCCOc1ccc(N(c2ccc(OCCCCCC)cc2)c2ccc(C(O)Cc3ccnc(-c4cc(C)ccn4)c3)cc2)cc1. The molecule has 0 bridgehead atoms. The molecule has 5 aromatic rings. The van der Waals surface area contributed by atoms with Crippen LogP contribution in [0.4, 0.5) is 17.1 Å². The van der Waals surface area contributed by atoms with Gasteiger partial charge in [0, 0.05) is 35.9 Å². The molecule has 0 fully saturated rings. The number of rotatable bonds is 19. The highest BCUT2D eigenvalue weighted by atomic mass is 16.5. The van der Waals surface area contributed by atoms with Gasteiger partial charge in [0.1, 0.15) is 11.5 Å². The van der Waals surface area contributed by atoms with E-state index in [1.54, 1.807) is 12.4 Å². The fourth-order valence-corrected chi connectivity index (χ4v) is 5.87. The normalized spacial score (nSPS) is 11.7. The van der Waals surface area contributed by atoms with E-state index in [0.717, 1.165) is 82.7 Å². The van der Waals surface area contributed by atoms with Gasteiger partial charge in [-0.2, -0.15) is 0 Å². The number of aryl methyl sites for hydroxylation is 1. The fraction of sp³-hybridized carbons (Fsp3) is 0.349. The van der Waals surface area contributed by atoms with Crippen LogP contribution in [0, 0.1) is 6.92 Å². The minimum atomic E-state index is -0.661. The topological polar surface area (TPSA) is 67.7 Å². The predicted molar refractivity (Wildman–Crippen MR) is 201 cm³/mol. The highest BCUT2D eigenvalue weighted by molar-refractivity contribution is 5.77. The summed E-state index contributed by atoms with van der Waals surface area (Å²) in [6, 6.07) is 32.7. The summed E-state index contributed by atoms with van der Waals surface area (Å²) in [6.45, 7) is 7.95. The molecule has 0 aliphatic heterocycles. The largest absolute Gasteiger partial charge is 0.494 e. The van der Waals surface area contributed by atoms with Gasteiger partial charge in [-0.15, -0.1) is 0 Å². The quantitative estimate of drug-likeness (QED) is 0.0891. The molecule has 0 radical (unpaired) electrons. The molecular weight excluding hydrogens is 606 g/mol. The number of benzene rings is 3. The Bertz CT molecular complexity index is 1630. The summed E-state index contributed by atoms with van der Waals surface area (Å²) in [5, 5.41) is 11.3. The summed E-state index contributed by atoms with van der Waals surface area (Å²) in [7, 11) is 0. The lowest BCUT2D eigenvalue weighted by molar-refractivity contribution is 0.178. The van der Waals surface area contributed by atoms with Crippen LogP contribution in [-0.4, -0.2) is 28.3 Å². The first-order valence-electron chi connectivity index (χ1n) is 18.0. The van der Waals surface area contributed by atoms with E-state index in [2.05, 4.69) is 65.1 Å². The summed E-state index contributed by atoms with van der Waals surface area (Å²) < 4.78 is 12.1. The van der Waals surface area contributed by atoms with Gasteiger partial charge in [0.25, 0.3) is 0 Å². The van der Waals surface area contributed by atoms with Gasteiger partial charge in [0.2, 0.25) is 0 Å². The maximum atomic E-state index is 11.3. The average molecular weight is 658 g/mol. The van der Waals surface area contributed by atoms with Crippen LogP contribution in [0.2, 0.25) is 0 Å². The van der Waals surface area contributed by atoms with E-state index in [1.165, 1.54) is 38.5 Å². The number of hydrogen-bond donors (Lipinski definition) is 1. The molecule has 3 aromatic carbocycles. The molecule has 0 aliphatic rings. The Morgan fingerprint density at radius 3 is 1.59 bits per heavy atom. The van der Waals surface area contributed by atoms with Gasteiger partial charge in [-0.1, -0.05) is 64.5 Å². The second kappa shape index (κ2) is 18.8. The molecule has 1 N–H and O–H groups in total. The van der Waals surface area contributed by atoms with Crippen molar-refractivity contribution in [2.45, 2.75) is 84.7 Å². The van der Waals surface area contributed by atoms with Crippen LogP contribution in [0.15, 0.2) is 109 Å². The Hall–Kier alpha value is -4.68. The Morgan fingerprint density at radius 2 is 1.08 bits per heavy atom. The second-order valence-electron chi connectivity index (χ2n) is 12.7. The van der Waals surface area contributed by atoms with E-state index in [1.807, 2.05) is 67.6 Å². The van der Waals surface area contributed by atoms with E-state index < -0.39 is 6.10 Å². The smallest absolute Gasteiger partial charge is 0.119 e. The number of hydrogen-bond acceptors (Lipinski definition) is 6. The van der Waals surface area contributed by atoms with Crippen molar-refractivity contribution in [2.24, 2.45) is 0 Å². The van der Waals surface area contributed by atoms with Crippen molar-refractivity contribution >= 4 is 17.1 Å². The summed E-state index contributed by atoms with van der Waals surface area (Å²) in [5.74, 6) is 1.76. The molecule has 256 valence electrons. The number of anilines is 3. The standard InChI is InChI=1S/C43H51N3O3/c1-4-6-8-10-28-48-39-20-16-37(17-21-39)46(38-18-22-40(23-19-38)49-29-11-9-7-5-2)36-14-12-35(13-15-36)43(47)32-34-25-27-45-42(31-34)41-30-33(3)24-26-44-41/h12-27,30-31,43,47H,4-11,28-29,32H2,1-3H3. The molecule has 6 heteroatoms. The molecular formula is C43H51N3O3. The highest BCUT2D eigenvalue weighted by Gasteiger charge is 2.16. The minimum absolute atomic E-state index is 0.476. The zero-order chi connectivity index (χ0) is 34.3. The maximum absolute atomic E-state index is 11.3. The van der Waals surface area contributed by atoms with Crippen molar-refractivity contribution in [3.8, 4) is 22.9 Å². The number of unbranched alkanes of at least 4 members (excludes halogenated alkanes) is 6. The summed E-state index contributed by atoms with van der Waals surface area (Å²) in [6.07, 6.45) is 12.8. The number of pyridine rings is 2. The Morgan fingerprint density at radius 1 is 0.592 bits per heavy atom. The number of aliphatic hydroxyl groups excluding tert-OH is 1. The van der Waals surface area contributed by atoms with Gasteiger partial charge in [-0.3, -0.25) is 9.97 Å². The Kier molecular flexibility index (Phi) is 13.6. The van der Waals surface area contributed by atoms with Crippen LogP contribution in [0.3, 0.4) is 0 Å². The molecule has 0 aliphatic carbocycles. The molecule has 49 heavy (non-hydrogen) atoms. The zero-order valence-corrected chi connectivity index (χ0v) is 29.4. The first-order valence-corrected chi connectivity index (χ1v) is 18.0. The minimum Gasteiger partial charge on any atom is -0.494 e. The first-order chi connectivity index (χ1) is 24.0. The van der Waals surface area contributed by atoms with Gasteiger partial charge in [-0.05, 0) is 121 Å². The predicted octanol–water partition coefficient (Wildman–Crippen LogP) is 11.1. The van der Waals surface area contributed by atoms with E-state index >= 15 is 0 Å². The molecule has 0 saturated carbocycles. The fourth-order valence-electron chi connectivity index (χ4n) is 5.87. The zero-order valence-electron chi connectivity index (χ0n) is 29.4. The van der Waals surface area contributed by atoms with Crippen LogP contribution in [-0.2, 0) is 6.42 Å². The van der Waals surface area contributed by atoms with Crippen molar-refractivity contribution in [3.63, 3.8) is 0 Å². The van der Waals surface area contributed by atoms with Gasteiger partial charge in [0.15, 0.2) is 0 Å². The summed E-state index contributed by atoms with van der Waals surface area (Å²) in [4.78, 5) is 11.2. The molecule has 1 atom stereocenters. The van der Waals surface area contributed by atoms with Gasteiger partial charge >= 0.3 is 0 Å².